The predicted octanol–water partition coefficient (Wildman–Crippen LogP) is 3.30. The number of hydrogen-bond donors (Lipinski definition) is 2. The summed E-state index contributed by atoms with van der Waals surface area (Å²) in [5.41, 5.74) is 1.71. The number of halogens is 2. The van der Waals surface area contributed by atoms with Crippen LogP contribution in [0, 0.1) is 11.6 Å². The second-order valence-electron chi connectivity index (χ2n) is 5.62. The van der Waals surface area contributed by atoms with Crippen molar-refractivity contribution in [2.24, 2.45) is 0 Å². The maximum atomic E-state index is 13.5. The molecule has 2 heterocycles. The van der Waals surface area contributed by atoms with E-state index in [1.54, 1.807) is 16.7 Å². The zero-order valence-corrected chi connectivity index (χ0v) is 15.8. The number of carbonyl (C=O) groups is 2. The van der Waals surface area contributed by atoms with Gasteiger partial charge in [0.1, 0.15) is 11.0 Å². The van der Waals surface area contributed by atoms with Gasteiger partial charge in [-0.15, -0.1) is 11.3 Å². The van der Waals surface area contributed by atoms with Gasteiger partial charge in [0.15, 0.2) is 11.6 Å². The molecule has 0 radical (unpaired) electrons. The van der Waals surface area contributed by atoms with Crippen molar-refractivity contribution in [3.8, 4) is 10.6 Å². The van der Waals surface area contributed by atoms with Gasteiger partial charge in [-0.25, -0.2) is 13.8 Å². The Kier molecular flexibility index (Phi) is 5.92. The second-order valence-corrected chi connectivity index (χ2v) is 7.26. The van der Waals surface area contributed by atoms with E-state index in [9.17, 15) is 18.4 Å². The number of amides is 2. The van der Waals surface area contributed by atoms with Crippen molar-refractivity contribution < 1.29 is 18.4 Å². The average Bonchev–Trinajstić information content (AvgIpc) is 3.33. The molecule has 0 bridgehead atoms. The first kappa shape index (κ1) is 19.1. The maximum absolute atomic E-state index is 13.5. The van der Waals surface area contributed by atoms with Crippen molar-refractivity contribution in [3.05, 3.63) is 63.3 Å². The van der Waals surface area contributed by atoms with Crippen LogP contribution in [0.4, 0.5) is 8.78 Å². The summed E-state index contributed by atoms with van der Waals surface area (Å²) < 4.78 is 26.6. The molecule has 1 unspecified atom stereocenters. The van der Waals surface area contributed by atoms with Crippen LogP contribution in [0.15, 0.2) is 40.4 Å². The lowest BCUT2D eigenvalue weighted by molar-refractivity contribution is -0.128. The first-order valence-corrected chi connectivity index (χ1v) is 9.73. The summed E-state index contributed by atoms with van der Waals surface area (Å²) >= 11 is 2.98. The molecule has 0 saturated carbocycles. The van der Waals surface area contributed by atoms with Gasteiger partial charge in [-0.05, 0) is 29.1 Å². The summed E-state index contributed by atoms with van der Waals surface area (Å²) in [4.78, 5) is 28.9. The summed E-state index contributed by atoms with van der Waals surface area (Å²) in [6.07, 6.45) is -0.0300. The van der Waals surface area contributed by atoms with E-state index in [0.717, 1.165) is 22.7 Å². The minimum atomic E-state index is -1.13. The fourth-order valence-electron chi connectivity index (χ4n) is 2.42. The molecule has 9 heteroatoms. The van der Waals surface area contributed by atoms with Gasteiger partial charge in [-0.3, -0.25) is 9.59 Å². The molecule has 5 nitrogen and oxygen atoms in total. The second kappa shape index (κ2) is 8.36. The van der Waals surface area contributed by atoms with Gasteiger partial charge >= 0.3 is 0 Å². The van der Waals surface area contributed by atoms with Crippen molar-refractivity contribution in [2.75, 3.05) is 7.05 Å². The monoisotopic (exact) mass is 407 g/mol. The number of thiophene rings is 1. The molecule has 0 saturated heterocycles. The lowest BCUT2D eigenvalue weighted by Crippen LogP contribution is -2.39. The van der Waals surface area contributed by atoms with E-state index in [2.05, 4.69) is 15.6 Å². The van der Waals surface area contributed by atoms with Crippen LogP contribution in [-0.4, -0.2) is 23.8 Å². The number of aromatic nitrogens is 1. The molecule has 1 aromatic carbocycles. The molecule has 0 fully saturated rings. The largest absolute Gasteiger partial charge is 0.357 e. The van der Waals surface area contributed by atoms with E-state index in [1.165, 1.54) is 24.5 Å². The Balaban J connectivity index is 1.73. The van der Waals surface area contributed by atoms with E-state index < -0.39 is 29.5 Å². The van der Waals surface area contributed by atoms with Gasteiger partial charge in [0.05, 0.1) is 12.1 Å². The van der Waals surface area contributed by atoms with E-state index in [-0.39, 0.29) is 12.0 Å². The fourth-order valence-corrected chi connectivity index (χ4v) is 3.95. The molecule has 140 valence electrons. The van der Waals surface area contributed by atoms with Crippen molar-refractivity contribution in [2.45, 2.75) is 12.5 Å². The highest BCUT2D eigenvalue weighted by atomic mass is 32.1. The fraction of sp³-hybridized carbons (Fsp3) is 0.167. The lowest BCUT2D eigenvalue weighted by atomic mass is 10.1. The number of likely N-dealkylation sites (N-methyl/N-ethyl adjacent to an activating group) is 1. The van der Waals surface area contributed by atoms with Gasteiger partial charge < -0.3 is 10.6 Å². The number of thiazole rings is 1. The van der Waals surface area contributed by atoms with E-state index in [1.807, 2.05) is 16.8 Å². The van der Waals surface area contributed by atoms with Crippen molar-refractivity contribution >= 4 is 34.5 Å². The molecule has 3 rings (SSSR count). The van der Waals surface area contributed by atoms with E-state index in [4.69, 9.17) is 0 Å². The molecule has 0 aliphatic carbocycles. The van der Waals surface area contributed by atoms with Gasteiger partial charge in [-0.2, -0.15) is 11.3 Å². The van der Waals surface area contributed by atoms with Crippen LogP contribution in [0.5, 0.6) is 0 Å². The normalized spacial score (nSPS) is 11.8. The average molecular weight is 407 g/mol. The molecule has 3 aromatic rings. The topological polar surface area (TPSA) is 71.1 Å². The van der Waals surface area contributed by atoms with Gasteiger partial charge in [-0.1, -0.05) is 6.07 Å². The van der Waals surface area contributed by atoms with E-state index >= 15 is 0 Å². The molecule has 0 aliphatic heterocycles. The molecule has 2 aromatic heterocycles. The standard InChI is InChI=1S/C18H15F2N3O2S2/c1-21-17(25)16(10-2-3-13(19)14(20)6-10)23-15(24)7-12-9-27-18(22-12)11-4-5-26-8-11/h2-6,8-9,16H,7H2,1H3,(H,21,25)(H,23,24). The first-order chi connectivity index (χ1) is 13.0. The predicted molar refractivity (Wildman–Crippen MR) is 100 cm³/mol. The summed E-state index contributed by atoms with van der Waals surface area (Å²) in [6.45, 7) is 0. The highest BCUT2D eigenvalue weighted by Gasteiger charge is 2.23. The highest BCUT2D eigenvalue weighted by Crippen LogP contribution is 2.26. The summed E-state index contributed by atoms with van der Waals surface area (Å²) in [6, 6.07) is 3.88. The van der Waals surface area contributed by atoms with Crippen molar-refractivity contribution in [3.63, 3.8) is 0 Å². The quantitative estimate of drug-likeness (QED) is 0.659. The van der Waals surface area contributed by atoms with Crippen LogP contribution < -0.4 is 10.6 Å². The van der Waals surface area contributed by atoms with Crippen LogP contribution >= 0.6 is 22.7 Å². The minimum absolute atomic E-state index is 0.0300. The molecular formula is C18H15F2N3O2S2. The summed E-state index contributed by atoms with van der Waals surface area (Å²) in [7, 11) is 1.40. The van der Waals surface area contributed by atoms with Crippen LogP contribution in [0.3, 0.4) is 0 Å². The molecule has 0 aliphatic rings. The lowest BCUT2D eigenvalue weighted by Gasteiger charge is -2.17. The summed E-state index contributed by atoms with van der Waals surface area (Å²) in [5.74, 6) is -3.10. The van der Waals surface area contributed by atoms with Gasteiger partial charge in [0.2, 0.25) is 11.8 Å². The Labute approximate surface area is 162 Å². The van der Waals surface area contributed by atoms with Crippen LogP contribution in [0.2, 0.25) is 0 Å². The molecule has 1 atom stereocenters. The SMILES string of the molecule is CNC(=O)C(NC(=O)Cc1csc(-c2ccsc2)n1)c1ccc(F)c(F)c1. The van der Waals surface area contributed by atoms with E-state index in [0.29, 0.717) is 5.69 Å². The molecule has 2 N–H and O–H groups in total. The number of nitrogens with zero attached hydrogens (tertiary/aromatic N) is 1. The van der Waals surface area contributed by atoms with Crippen molar-refractivity contribution in [1.82, 2.24) is 15.6 Å². The van der Waals surface area contributed by atoms with Crippen molar-refractivity contribution in [1.29, 1.82) is 0 Å². The van der Waals surface area contributed by atoms with Gasteiger partial charge in [0, 0.05) is 23.4 Å². The third kappa shape index (κ3) is 4.55. The van der Waals surface area contributed by atoms with Crippen LogP contribution in [0.1, 0.15) is 17.3 Å². The Morgan fingerprint density at radius 3 is 2.67 bits per heavy atom. The molecule has 2 amide bonds. The minimum Gasteiger partial charge on any atom is -0.357 e. The zero-order valence-electron chi connectivity index (χ0n) is 14.2. The Morgan fingerprint density at radius 2 is 2.00 bits per heavy atom. The molecule has 27 heavy (non-hydrogen) atoms. The number of hydrogen-bond acceptors (Lipinski definition) is 5. The Morgan fingerprint density at radius 1 is 1.19 bits per heavy atom. The number of nitrogens with one attached hydrogen (secondary N) is 2. The Bertz CT molecular complexity index is 957. The number of carbonyl (C=O) groups excluding carboxylic acids is 2. The van der Waals surface area contributed by atoms with Crippen LogP contribution in [0.25, 0.3) is 10.6 Å². The van der Waals surface area contributed by atoms with Crippen LogP contribution in [-0.2, 0) is 16.0 Å². The smallest absolute Gasteiger partial charge is 0.246 e. The van der Waals surface area contributed by atoms with Gasteiger partial charge in [0.25, 0.3) is 0 Å². The zero-order chi connectivity index (χ0) is 19.4. The molecule has 0 spiro atoms. The maximum Gasteiger partial charge on any atom is 0.246 e. The number of benzene rings is 1. The third-order valence-corrected chi connectivity index (χ3v) is 5.38. The Hall–Kier alpha value is -2.65. The summed E-state index contributed by atoms with van der Waals surface area (Å²) in [5, 5.41) is 11.5. The number of rotatable bonds is 6. The highest BCUT2D eigenvalue weighted by molar-refractivity contribution is 7.14. The third-order valence-electron chi connectivity index (χ3n) is 3.75. The molecular weight excluding hydrogens is 392 g/mol. The first-order valence-electron chi connectivity index (χ1n) is 7.91.